The zero-order valence-corrected chi connectivity index (χ0v) is 15.0. The van der Waals surface area contributed by atoms with Gasteiger partial charge in [-0.05, 0) is 56.8 Å². The molecule has 2 amide bonds. The van der Waals surface area contributed by atoms with Crippen LogP contribution in [0.15, 0.2) is 4.63 Å². The van der Waals surface area contributed by atoms with Crippen molar-refractivity contribution in [3.63, 3.8) is 0 Å². The molecular weight excluding hydrogens is 322 g/mol. The molecule has 1 aromatic rings. The number of hydrogen-bond donors (Lipinski definition) is 1. The quantitative estimate of drug-likeness (QED) is 0.881. The van der Waals surface area contributed by atoms with Gasteiger partial charge in [-0.1, -0.05) is 11.6 Å². The van der Waals surface area contributed by atoms with Crippen LogP contribution in [0.4, 0.5) is 5.82 Å². The summed E-state index contributed by atoms with van der Waals surface area (Å²) in [5, 5.41) is 10.0. The van der Waals surface area contributed by atoms with Crippen molar-refractivity contribution in [2.45, 2.75) is 39.0 Å². The summed E-state index contributed by atoms with van der Waals surface area (Å²) in [6.45, 7) is 4.64. The van der Waals surface area contributed by atoms with Gasteiger partial charge in [0.15, 0.2) is 5.82 Å². The lowest BCUT2D eigenvalue weighted by Crippen LogP contribution is -2.43. The fourth-order valence-electron chi connectivity index (χ4n) is 3.90. The van der Waals surface area contributed by atoms with Crippen LogP contribution in [-0.4, -0.2) is 65.2 Å². The molecule has 2 saturated heterocycles. The number of nitrogens with one attached hydrogen (secondary N) is 1. The van der Waals surface area contributed by atoms with Crippen molar-refractivity contribution in [1.29, 1.82) is 0 Å². The first-order valence-electron chi connectivity index (χ1n) is 9.11. The van der Waals surface area contributed by atoms with Crippen molar-refractivity contribution in [1.82, 2.24) is 20.1 Å². The smallest absolute Gasteiger partial charge is 0.239 e. The van der Waals surface area contributed by atoms with Gasteiger partial charge in [0, 0.05) is 19.5 Å². The molecule has 25 heavy (non-hydrogen) atoms. The van der Waals surface area contributed by atoms with E-state index in [1.807, 2.05) is 11.9 Å². The Labute approximate surface area is 147 Å². The van der Waals surface area contributed by atoms with Crippen LogP contribution in [0.1, 0.15) is 37.8 Å². The number of carbonyl (C=O) groups is 2. The van der Waals surface area contributed by atoms with E-state index in [0.717, 1.165) is 51.7 Å². The predicted molar refractivity (Wildman–Crippen MR) is 91.8 cm³/mol. The van der Waals surface area contributed by atoms with E-state index in [-0.39, 0.29) is 11.8 Å². The zero-order chi connectivity index (χ0) is 17.8. The molecule has 1 atom stereocenters. The lowest BCUT2D eigenvalue weighted by molar-refractivity contribution is -0.136. The number of piperidine rings is 1. The molecule has 2 fully saturated rings. The molecule has 8 heteroatoms. The highest BCUT2D eigenvalue weighted by atomic mass is 16.6. The molecule has 2 aliphatic rings. The number of amides is 2. The minimum absolute atomic E-state index is 0.109. The summed E-state index contributed by atoms with van der Waals surface area (Å²) in [6.07, 6.45) is 5.19. The van der Waals surface area contributed by atoms with Gasteiger partial charge in [-0.2, -0.15) is 0 Å². The van der Waals surface area contributed by atoms with Gasteiger partial charge in [-0.25, -0.2) is 4.63 Å². The van der Waals surface area contributed by atoms with Crippen molar-refractivity contribution in [3.05, 3.63) is 5.69 Å². The number of aryl methyl sites for hydroxylation is 1. The zero-order valence-electron chi connectivity index (χ0n) is 15.0. The predicted octanol–water partition coefficient (Wildman–Crippen LogP) is 1.29. The molecule has 0 radical (unpaired) electrons. The van der Waals surface area contributed by atoms with Crippen LogP contribution in [0.3, 0.4) is 0 Å². The topological polar surface area (TPSA) is 91.6 Å². The normalized spacial score (nSPS) is 23.5. The van der Waals surface area contributed by atoms with Crippen LogP contribution < -0.4 is 5.32 Å². The highest BCUT2D eigenvalue weighted by Crippen LogP contribution is 2.31. The fourth-order valence-corrected chi connectivity index (χ4v) is 3.90. The number of rotatable bonds is 4. The molecule has 2 aliphatic heterocycles. The molecule has 1 aromatic heterocycles. The molecule has 0 spiro atoms. The highest BCUT2D eigenvalue weighted by molar-refractivity contribution is 5.91. The maximum Gasteiger partial charge on any atom is 0.239 e. The summed E-state index contributed by atoms with van der Waals surface area (Å²) in [4.78, 5) is 28.7. The average Bonchev–Trinajstić information content (AvgIpc) is 2.91. The van der Waals surface area contributed by atoms with Gasteiger partial charge in [0.05, 0.1) is 6.54 Å². The maximum atomic E-state index is 12.5. The minimum atomic E-state index is -0.109. The second-order valence-corrected chi connectivity index (χ2v) is 7.22. The molecule has 8 nitrogen and oxygen atoms in total. The van der Waals surface area contributed by atoms with Crippen molar-refractivity contribution in [2.24, 2.45) is 11.8 Å². The van der Waals surface area contributed by atoms with Gasteiger partial charge in [-0.15, -0.1) is 0 Å². The Hall–Kier alpha value is -1.96. The average molecular weight is 349 g/mol. The van der Waals surface area contributed by atoms with Crippen molar-refractivity contribution in [3.8, 4) is 0 Å². The van der Waals surface area contributed by atoms with Gasteiger partial charge in [-0.3, -0.25) is 14.5 Å². The Morgan fingerprint density at radius 2 is 1.96 bits per heavy atom. The van der Waals surface area contributed by atoms with E-state index in [9.17, 15) is 9.59 Å². The lowest BCUT2D eigenvalue weighted by Gasteiger charge is -2.35. The van der Waals surface area contributed by atoms with E-state index in [2.05, 4.69) is 25.2 Å². The molecule has 1 N–H and O–H groups in total. The van der Waals surface area contributed by atoms with E-state index in [1.54, 1.807) is 6.92 Å². The van der Waals surface area contributed by atoms with Crippen molar-refractivity contribution < 1.29 is 14.2 Å². The lowest BCUT2D eigenvalue weighted by atomic mass is 9.81. The van der Waals surface area contributed by atoms with Crippen LogP contribution in [0.2, 0.25) is 0 Å². The second-order valence-electron chi connectivity index (χ2n) is 7.22. The maximum absolute atomic E-state index is 12.5. The first-order valence-corrected chi connectivity index (χ1v) is 9.11. The first kappa shape index (κ1) is 17.8. The van der Waals surface area contributed by atoms with Gasteiger partial charge >= 0.3 is 0 Å². The molecule has 0 bridgehead atoms. The number of likely N-dealkylation sites (tertiary alicyclic amines) is 2. The minimum Gasteiger partial charge on any atom is -0.346 e. The van der Waals surface area contributed by atoms with E-state index < -0.39 is 0 Å². The Morgan fingerprint density at radius 3 is 2.64 bits per heavy atom. The molecule has 138 valence electrons. The Bertz CT molecular complexity index is 609. The molecule has 0 aliphatic carbocycles. The molecule has 0 aromatic carbocycles. The summed E-state index contributed by atoms with van der Waals surface area (Å²) in [5.41, 5.74) is 0.572. The molecule has 3 rings (SSSR count). The van der Waals surface area contributed by atoms with Gasteiger partial charge < -0.3 is 10.2 Å². The number of aromatic nitrogens is 2. The van der Waals surface area contributed by atoms with Gasteiger partial charge in [0.2, 0.25) is 11.8 Å². The molecule has 0 saturated carbocycles. The van der Waals surface area contributed by atoms with Crippen molar-refractivity contribution >= 4 is 17.6 Å². The summed E-state index contributed by atoms with van der Waals surface area (Å²) >= 11 is 0. The first-order chi connectivity index (χ1) is 12.0. The van der Waals surface area contributed by atoms with E-state index in [0.29, 0.717) is 29.9 Å². The van der Waals surface area contributed by atoms with Crippen molar-refractivity contribution in [2.75, 3.05) is 38.5 Å². The van der Waals surface area contributed by atoms with E-state index in [4.69, 9.17) is 0 Å². The van der Waals surface area contributed by atoms with Crippen LogP contribution in [0, 0.1) is 18.8 Å². The third kappa shape index (κ3) is 4.36. The monoisotopic (exact) mass is 349 g/mol. The Balaban J connectivity index is 1.47. The number of anilines is 1. The van der Waals surface area contributed by atoms with Crippen LogP contribution in [0.25, 0.3) is 0 Å². The Morgan fingerprint density at radius 1 is 1.20 bits per heavy atom. The SMILES string of the molecule is Cc1nonc1NC(=O)CN1CCC([C@@H]2CCCCN(C)C2=O)CC1. The number of carbonyl (C=O) groups excluding carboxylic acids is 2. The summed E-state index contributed by atoms with van der Waals surface area (Å²) < 4.78 is 4.58. The summed E-state index contributed by atoms with van der Waals surface area (Å²) in [6, 6.07) is 0. The van der Waals surface area contributed by atoms with E-state index in [1.165, 1.54) is 0 Å². The number of nitrogens with zero attached hydrogens (tertiary/aromatic N) is 4. The van der Waals surface area contributed by atoms with Crippen LogP contribution in [-0.2, 0) is 9.59 Å². The third-order valence-electron chi connectivity index (χ3n) is 5.43. The standard InChI is InChI=1S/C17H27N5O3/c1-12-16(20-25-19-12)18-15(23)11-22-9-6-13(7-10-22)14-5-3-4-8-21(2)17(14)24/h13-14H,3-11H2,1-2H3,(H,18,20,23)/t14-/m0/s1. The largest absolute Gasteiger partial charge is 0.346 e. The van der Waals surface area contributed by atoms with Crippen LogP contribution >= 0.6 is 0 Å². The molecular formula is C17H27N5O3. The van der Waals surface area contributed by atoms with Gasteiger partial charge in [0.25, 0.3) is 0 Å². The summed E-state index contributed by atoms with van der Waals surface area (Å²) in [7, 11) is 1.92. The molecule has 0 unspecified atom stereocenters. The highest BCUT2D eigenvalue weighted by Gasteiger charge is 2.34. The number of hydrogen-bond acceptors (Lipinski definition) is 6. The summed E-state index contributed by atoms with van der Waals surface area (Å²) in [5.74, 6) is 1.18. The Kier molecular flexibility index (Phi) is 5.67. The molecule has 3 heterocycles. The third-order valence-corrected chi connectivity index (χ3v) is 5.43. The van der Waals surface area contributed by atoms with Gasteiger partial charge in [0.1, 0.15) is 5.69 Å². The van der Waals surface area contributed by atoms with E-state index >= 15 is 0 Å². The fraction of sp³-hybridized carbons (Fsp3) is 0.765. The second kappa shape index (κ2) is 7.95. The van der Waals surface area contributed by atoms with Crippen LogP contribution in [0.5, 0.6) is 0 Å².